The van der Waals surface area contributed by atoms with Crippen molar-refractivity contribution in [3.63, 3.8) is 0 Å². The zero-order chi connectivity index (χ0) is 21.5. The Morgan fingerprint density at radius 3 is 2.63 bits per heavy atom. The molecule has 1 N–H and O–H groups in total. The molecule has 1 heterocycles. The van der Waals surface area contributed by atoms with Crippen LogP contribution in [0.15, 0.2) is 60.0 Å². The Bertz CT molecular complexity index is 969. The average molecular weight is 425 g/mol. The molecule has 30 heavy (non-hydrogen) atoms. The fourth-order valence-electron chi connectivity index (χ4n) is 3.20. The van der Waals surface area contributed by atoms with Crippen LogP contribution in [0.3, 0.4) is 0 Å². The Morgan fingerprint density at radius 2 is 1.97 bits per heavy atom. The smallest absolute Gasteiger partial charge is 0.230 e. The van der Waals surface area contributed by atoms with Crippen molar-refractivity contribution in [2.24, 2.45) is 5.92 Å². The van der Waals surface area contributed by atoms with Gasteiger partial charge in [-0.2, -0.15) is 0 Å². The summed E-state index contributed by atoms with van der Waals surface area (Å²) in [4.78, 5) is 12.7. The number of methoxy groups -OCH3 is 1. The molecule has 0 fully saturated rings. The molecular weight excluding hydrogens is 396 g/mol. The van der Waals surface area contributed by atoms with E-state index in [1.165, 1.54) is 17.3 Å². The first-order valence-electron chi connectivity index (χ1n) is 10.1. The minimum atomic E-state index is -0.0292. The van der Waals surface area contributed by atoms with Crippen molar-refractivity contribution in [2.75, 3.05) is 12.9 Å². The van der Waals surface area contributed by atoms with Crippen molar-refractivity contribution >= 4 is 17.7 Å². The summed E-state index contributed by atoms with van der Waals surface area (Å²) in [6, 6.07) is 16.1. The quantitative estimate of drug-likeness (QED) is 0.514. The Labute approximate surface area is 182 Å². The lowest BCUT2D eigenvalue weighted by molar-refractivity contribution is -0.119. The lowest BCUT2D eigenvalue weighted by Gasteiger charge is -2.23. The summed E-state index contributed by atoms with van der Waals surface area (Å²) >= 11 is 1.36. The molecule has 0 saturated carbocycles. The predicted octanol–water partition coefficient (Wildman–Crippen LogP) is 4.44. The summed E-state index contributed by atoms with van der Waals surface area (Å²) < 4.78 is 7.14. The maximum Gasteiger partial charge on any atom is 0.230 e. The van der Waals surface area contributed by atoms with Crippen molar-refractivity contribution in [3.05, 3.63) is 66.0 Å². The van der Waals surface area contributed by atoms with Gasteiger partial charge in [0, 0.05) is 6.07 Å². The van der Waals surface area contributed by atoms with Gasteiger partial charge >= 0.3 is 0 Å². The molecule has 0 bridgehead atoms. The number of carbonyl (C=O) groups is 1. The molecule has 2 aromatic carbocycles. The average Bonchev–Trinajstić information content (AvgIpc) is 3.24. The number of amides is 1. The third-order valence-corrected chi connectivity index (χ3v) is 5.85. The molecule has 1 amide bonds. The summed E-state index contributed by atoms with van der Waals surface area (Å²) in [5.74, 6) is 1.27. The number of nitrogens with one attached hydrogen (secondary N) is 1. The van der Waals surface area contributed by atoms with Crippen molar-refractivity contribution in [3.8, 4) is 11.4 Å². The maximum absolute atomic E-state index is 12.7. The minimum absolute atomic E-state index is 0.0275. The molecule has 1 atom stereocenters. The summed E-state index contributed by atoms with van der Waals surface area (Å²) in [6.45, 7) is 6.37. The van der Waals surface area contributed by atoms with Crippen LogP contribution in [0.4, 0.5) is 0 Å². The van der Waals surface area contributed by atoms with Crippen LogP contribution in [0.25, 0.3) is 5.69 Å². The van der Waals surface area contributed by atoms with Crippen LogP contribution in [0, 0.1) is 5.92 Å². The van der Waals surface area contributed by atoms with E-state index >= 15 is 0 Å². The molecule has 3 aromatic rings. The molecule has 0 saturated heterocycles. The highest BCUT2D eigenvalue weighted by Crippen LogP contribution is 2.25. The van der Waals surface area contributed by atoms with Crippen LogP contribution >= 0.6 is 11.8 Å². The van der Waals surface area contributed by atoms with Crippen LogP contribution in [0.1, 0.15) is 37.9 Å². The molecule has 0 aliphatic carbocycles. The highest BCUT2D eigenvalue weighted by Gasteiger charge is 2.19. The number of hydrogen-bond acceptors (Lipinski definition) is 5. The Kier molecular flexibility index (Phi) is 7.52. The van der Waals surface area contributed by atoms with Gasteiger partial charge in [-0.3, -0.25) is 9.36 Å². The van der Waals surface area contributed by atoms with E-state index in [2.05, 4.69) is 60.6 Å². The van der Waals surface area contributed by atoms with E-state index in [0.717, 1.165) is 23.4 Å². The summed E-state index contributed by atoms with van der Waals surface area (Å²) in [5, 5.41) is 12.0. The Hall–Kier alpha value is -2.80. The second kappa shape index (κ2) is 10.3. The fraction of sp³-hybridized carbons (Fsp3) is 0.348. The van der Waals surface area contributed by atoms with Gasteiger partial charge in [0.25, 0.3) is 0 Å². The zero-order valence-electron chi connectivity index (χ0n) is 17.8. The Balaban J connectivity index is 1.66. The number of thioether (sulfide) groups is 1. The lowest BCUT2D eigenvalue weighted by atomic mass is 9.95. The van der Waals surface area contributed by atoms with Gasteiger partial charge in [0.05, 0.1) is 24.6 Å². The largest absolute Gasteiger partial charge is 0.497 e. The number of aromatic nitrogens is 3. The van der Waals surface area contributed by atoms with E-state index in [0.29, 0.717) is 5.16 Å². The van der Waals surface area contributed by atoms with Gasteiger partial charge in [-0.1, -0.05) is 62.9 Å². The number of benzene rings is 2. The van der Waals surface area contributed by atoms with Gasteiger partial charge in [0.15, 0.2) is 5.16 Å². The molecule has 7 heteroatoms. The lowest BCUT2D eigenvalue weighted by Crippen LogP contribution is -2.33. The van der Waals surface area contributed by atoms with E-state index in [1.807, 2.05) is 28.8 Å². The second-order valence-corrected chi connectivity index (χ2v) is 8.30. The minimum Gasteiger partial charge on any atom is -0.497 e. The summed E-state index contributed by atoms with van der Waals surface area (Å²) in [5.41, 5.74) is 3.30. The molecule has 158 valence electrons. The number of aryl methyl sites for hydroxylation is 1. The molecule has 0 aliphatic rings. The first-order valence-corrected chi connectivity index (χ1v) is 11.1. The molecule has 1 aromatic heterocycles. The van der Waals surface area contributed by atoms with Crippen LogP contribution in [0.2, 0.25) is 0 Å². The maximum atomic E-state index is 12.7. The normalized spacial score (nSPS) is 12.0. The molecule has 0 aliphatic heterocycles. The first kappa shape index (κ1) is 21.9. The van der Waals surface area contributed by atoms with Crippen LogP contribution < -0.4 is 10.1 Å². The number of rotatable bonds is 9. The predicted molar refractivity (Wildman–Crippen MR) is 120 cm³/mol. The number of nitrogens with zero attached hydrogens (tertiary/aromatic N) is 3. The second-order valence-electron chi connectivity index (χ2n) is 7.36. The monoisotopic (exact) mass is 424 g/mol. The van der Waals surface area contributed by atoms with E-state index in [4.69, 9.17) is 4.74 Å². The topological polar surface area (TPSA) is 69.0 Å². The molecule has 6 nitrogen and oxygen atoms in total. The number of carbonyl (C=O) groups excluding carboxylic acids is 1. The van der Waals surface area contributed by atoms with Gasteiger partial charge in [0.1, 0.15) is 12.1 Å². The third-order valence-electron chi connectivity index (χ3n) is 4.91. The molecule has 0 unspecified atom stereocenters. The molecule has 3 rings (SSSR count). The van der Waals surface area contributed by atoms with Crippen molar-refractivity contribution in [1.82, 2.24) is 20.1 Å². The van der Waals surface area contributed by atoms with Gasteiger partial charge < -0.3 is 10.1 Å². The van der Waals surface area contributed by atoms with Crippen LogP contribution in [-0.4, -0.2) is 33.5 Å². The van der Waals surface area contributed by atoms with Gasteiger partial charge in [-0.25, -0.2) is 0 Å². The molecular formula is C23H28N4O2S. The van der Waals surface area contributed by atoms with Crippen molar-refractivity contribution in [2.45, 2.75) is 38.4 Å². The number of ether oxygens (including phenoxy) is 1. The Morgan fingerprint density at radius 1 is 1.20 bits per heavy atom. The van der Waals surface area contributed by atoms with E-state index in [-0.39, 0.29) is 23.6 Å². The summed E-state index contributed by atoms with van der Waals surface area (Å²) in [6.07, 6.45) is 2.64. The first-order chi connectivity index (χ1) is 14.5. The molecule has 0 spiro atoms. The fourth-order valence-corrected chi connectivity index (χ4v) is 3.94. The van der Waals surface area contributed by atoms with Crippen molar-refractivity contribution < 1.29 is 9.53 Å². The van der Waals surface area contributed by atoms with E-state index < -0.39 is 0 Å². The van der Waals surface area contributed by atoms with E-state index in [1.54, 1.807) is 13.4 Å². The molecule has 0 radical (unpaired) electrons. The van der Waals surface area contributed by atoms with E-state index in [9.17, 15) is 4.79 Å². The highest BCUT2D eigenvalue weighted by molar-refractivity contribution is 7.99. The van der Waals surface area contributed by atoms with Crippen LogP contribution in [-0.2, 0) is 11.2 Å². The third kappa shape index (κ3) is 5.42. The SMILES string of the molecule is CCc1ccc([C@H](NC(=O)CSc2nncn2-c2cccc(OC)c2)C(C)C)cc1. The summed E-state index contributed by atoms with van der Waals surface area (Å²) in [7, 11) is 1.63. The standard InChI is InChI=1S/C23H28N4O2S/c1-5-17-9-11-18(12-10-17)22(16(2)3)25-21(28)14-30-23-26-24-15-27(23)19-7-6-8-20(13-19)29-4/h6-13,15-16,22H,5,14H2,1-4H3,(H,25,28)/t22-/m1/s1. The van der Waals surface area contributed by atoms with Gasteiger partial charge in [-0.05, 0) is 35.6 Å². The number of hydrogen-bond donors (Lipinski definition) is 1. The highest BCUT2D eigenvalue weighted by atomic mass is 32.2. The van der Waals surface area contributed by atoms with Crippen LogP contribution in [0.5, 0.6) is 5.75 Å². The van der Waals surface area contributed by atoms with Gasteiger partial charge in [-0.15, -0.1) is 10.2 Å². The van der Waals surface area contributed by atoms with Gasteiger partial charge in [0.2, 0.25) is 5.91 Å². The van der Waals surface area contributed by atoms with Crippen molar-refractivity contribution in [1.29, 1.82) is 0 Å². The zero-order valence-corrected chi connectivity index (χ0v) is 18.6.